The Morgan fingerprint density at radius 3 is 1.27 bits per heavy atom. The molecule has 0 bridgehead atoms. The fourth-order valence-electron chi connectivity index (χ4n) is 1.29. The van der Waals surface area contributed by atoms with Crippen LogP contribution in [0.15, 0.2) is 0 Å². The van der Waals surface area contributed by atoms with Crippen molar-refractivity contribution in [1.82, 2.24) is 0 Å². The molecule has 2 N–H and O–H groups in total. The highest BCUT2D eigenvalue weighted by molar-refractivity contribution is 7.87. The molecule has 0 fully saturated rings. The second kappa shape index (κ2) is 5.24. The normalized spacial score (nSPS) is 17.3. The van der Waals surface area contributed by atoms with Gasteiger partial charge in [-0.15, -0.1) is 0 Å². The van der Waals surface area contributed by atoms with Gasteiger partial charge in [0.15, 0.2) is 0 Å². The maximum atomic E-state index is 10.8. The van der Waals surface area contributed by atoms with Gasteiger partial charge in [-0.3, -0.25) is 9.11 Å². The highest BCUT2D eigenvalue weighted by Gasteiger charge is 2.30. The van der Waals surface area contributed by atoms with Crippen LogP contribution < -0.4 is 0 Å². The molecule has 15 heavy (non-hydrogen) atoms. The Bertz CT molecular complexity index is 344. The van der Waals surface area contributed by atoms with E-state index in [1.807, 2.05) is 0 Å². The summed E-state index contributed by atoms with van der Waals surface area (Å²) in [7, 11) is -8.51. The number of hydrogen-bond donors (Lipinski definition) is 2. The van der Waals surface area contributed by atoms with Crippen molar-refractivity contribution in [2.45, 2.75) is 43.6 Å². The molecule has 0 amide bonds. The third-order valence-corrected chi connectivity index (χ3v) is 5.02. The maximum absolute atomic E-state index is 10.8. The zero-order valence-electron chi connectivity index (χ0n) is 8.62. The summed E-state index contributed by atoms with van der Waals surface area (Å²) in [6.45, 7) is 3.05. The van der Waals surface area contributed by atoms with Crippen molar-refractivity contribution in [1.29, 1.82) is 0 Å². The molecule has 8 heteroatoms. The van der Waals surface area contributed by atoms with Crippen LogP contribution in [0.2, 0.25) is 0 Å². The SMILES string of the molecule is CCC(CC(CC)S(=O)(=O)O)S(=O)(=O)O. The fraction of sp³-hybridized carbons (Fsp3) is 1.00. The van der Waals surface area contributed by atoms with Crippen molar-refractivity contribution in [3.63, 3.8) is 0 Å². The average molecular weight is 260 g/mol. The largest absolute Gasteiger partial charge is 0.285 e. The van der Waals surface area contributed by atoms with Crippen LogP contribution in [0, 0.1) is 0 Å². The molecule has 0 saturated heterocycles. The van der Waals surface area contributed by atoms with E-state index in [2.05, 4.69) is 0 Å². The van der Waals surface area contributed by atoms with Crippen LogP contribution in [-0.2, 0) is 20.2 Å². The first-order valence-electron chi connectivity index (χ1n) is 4.55. The summed E-state index contributed by atoms with van der Waals surface area (Å²) in [5.41, 5.74) is 0. The summed E-state index contributed by atoms with van der Waals surface area (Å²) in [6, 6.07) is 0. The first-order chi connectivity index (χ1) is 6.62. The van der Waals surface area contributed by atoms with E-state index in [4.69, 9.17) is 9.11 Å². The van der Waals surface area contributed by atoms with Gasteiger partial charge in [-0.05, 0) is 19.3 Å². The van der Waals surface area contributed by atoms with E-state index < -0.39 is 30.7 Å². The molecule has 6 nitrogen and oxygen atoms in total. The van der Waals surface area contributed by atoms with Crippen molar-refractivity contribution in [3.05, 3.63) is 0 Å². The molecule has 92 valence electrons. The van der Waals surface area contributed by atoms with E-state index in [0.29, 0.717) is 0 Å². The molecule has 0 rings (SSSR count). The Hall–Kier alpha value is -0.180. The lowest BCUT2D eigenvalue weighted by molar-refractivity contribution is 0.439. The van der Waals surface area contributed by atoms with Crippen LogP contribution in [0.4, 0.5) is 0 Å². The van der Waals surface area contributed by atoms with E-state index in [1.54, 1.807) is 0 Å². The molecule has 0 aliphatic carbocycles. The number of hydrogen-bond acceptors (Lipinski definition) is 4. The van der Waals surface area contributed by atoms with Crippen molar-refractivity contribution < 1.29 is 25.9 Å². The zero-order valence-corrected chi connectivity index (χ0v) is 10.3. The standard InChI is InChI=1S/C7H16O6S2/c1-3-6(14(8,9)10)5-7(4-2)15(11,12)13/h6-7H,3-5H2,1-2H3,(H,8,9,10)(H,11,12,13). The molecule has 0 spiro atoms. The van der Waals surface area contributed by atoms with E-state index in [9.17, 15) is 16.8 Å². The van der Waals surface area contributed by atoms with Gasteiger partial charge in [0.05, 0.1) is 10.5 Å². The molecule has 0 aromatic heterocycles. The topological polar surface area (TPSA) is 109 Å². The quantitative estimate of drug-likeness (QED) is 0.681. The molecule has 0 aromatic carbocycles. The van der Waals surface area contributed by atoms with Gasteiger partial charge in [-0.2, -0.15) is 16.8 Å². The lowest BCUT2D eigenvalue weighted by Gasteiger charge is -2.16. The zero-order chi connectivity index (χ0) is 12.3. The van der Waals surface area contributed by atoms with Crippen LogP contribution in [0.5, 0.6) is 0 Å². The third kappa shape index (κ3) is 4.92. The van der Waals surface area contributed by atoms with Crippen LogP contribution in [-0.4, -0.2) is 36.4 Å². The van der Waals surface area contributed by atoms with Gasteiger partial charge in [0.25, 0.3) is 20.2 Å². The van der Waals surface area contributed by atoms with Crippen LogP contribution in [0.3, 0.4) is 0 Å². The summed E-state index contributed by atoms with van der Waals surface area (Å²) in [6.07, 6.45) is -0.0830. The molecule has 0 saturated carbocycles. The molecular formula is C7H16O6S2. The molecule has 0 aliphatic heterocycles. The second-order valence-corrected chi connectivity index (χ2v) is 6.72. The summed E-state index contributed by atoms with van der Waals surface area (Å²) in [4.78, 5) is 0. The Morgan fingerprint density at radius 2 is 1.13 bits per heavy atom. The Balaban J connectivity index is 4.83. The van der Waals surface area contributed by atoms with E-state index in [0.717, 1.165) is 0 Å². The molecule has 0 aromatic rings. The fourth-order valence-corrected chi connectivity index (χ4v) is 3.21. The Kier molecular flexibility index (Phi) is 5.18. The van der Waals surface area contributed by atoms with E-state index in [-0.39, 0.29) is 19.3 Å². The minimum Gasteiger partial charge on any atom is -0.285 e. The van der Waals surface area contributed by atoms with Gasteiger partial charge in [0.2, 0.25) is 0 Å². The van der Waals surface area contributed by atoms with Crippen molar-refractivity contribution in [3.8, 4) is 0 Å². The minimum absolute atomic E-state index is 0.102. The summed E-state index contributed by atoms with van der Waals surface area (Å²) in [5, 5.41) is -2.30. The van der Waals surface area contributed by atoms with E-state index in [1.165, 1.54) is 13.8 Å². The summed E-state index contributed by atoms with van der Waals surface area (Å²) >= 11 is 0. The molecule has 2 atom stereocenters. The van der Waals surface area contributed by atoms with Crippen molar-refractivity contribution in [2.75, 3.05) is 0 Å². The van der Waals surface area contributed by atoms with Gasteiger partial charge in [-0.1, -0.05) is 13.8 Å². The summed E-state index contributed by atoms with van der Waals surface area (Å²) in [5.74, 6) is 0. The van der Waals surface area contributed by atoms with Gasteiger partial charge in [0, 0.05) is 0 Å². The van der Waals surface area contributed by atoms with Crippen LogP contribution >= 0.6 is 0 Å². The monoisotopic (exact) mass is 260 g/mol. The predicted octanol–water partition coefficient (Wildman–Crippen LogP) is 0.709. The van der Waals surface area contributed by atoms with Crippen LogP contribution in [0.1, 0.15) is 33.1 Å². The predicted molar refractivity (Wildman–Crippen MR) is 55.9 cm³/mol. The number of rotatable bonds is 6. The molecular weight excluding hydrogens is 244 g/mol. The van der Waals surface area contributed by atoms with Crippen LogP contribution in [0.25, 0.3) is 0 Å². The lowest BCUT2D eigenvalue weighted by atomic mass is 10.1. The molecule has 0 heterocycles. The van der Waals surface area contributed by atoms with E-state index >= 15 is 0 Å². The summed E-state index contributed by atoms with van der Waals surface area (Å²) < 4.78 is 60.8. The highest BCUT2D eigenvalue weighted by atomic mass is 32.2. The highest BCUT2D eigenvalue weighted by Crippen LogP contribution is 2.18. The minimum atomic E-state index is -4.26. The Labute approximate surface area is 90.2 Å². The molecule has 2 unspecified atom stereocenters. The smallest absolute Gasteiger partial charge is 0.267 e. The molecule has 0 aliphatic rings. The first kappa shape index (κ1) is 14.8. The first-order valence-corrected chi connectivity index (χ1v) is 7.56. The average Bonchev–Trinajstić information content (AvgIpc) is 2.01. The van der Waals surface area contributed by atoms with Gasteiger partial charge >= 0.3 is 0 Å². The molecule has 0 radical (unpaired) electrons. The second-order valence-electron chi connectivity index (χ2n) is 3.33. The lowest BCUT2D eigenvalue weighted by Crippen LogP contribution is -2.29. The van der Waals surface area contributed by atoms with Gasteiger partial charge in [0.1, 0.15) is 0 Å². The Morgan fingerprint density at radius 1 is 0.867 bits per heavy atom. The van der Waals surface area contributed by atoms with Gasteiger partial charge < -0.3 is 0 Å². The third-order valence-electron chi connectivity index (χ3n) is 2.28. The maximum Gasteiger partial charge on any atom is 0.267 e. The van der Waals surface area contributed by atoms with Crippen molar-refractivity contribution >= 4 is 20.2 Å². The van der Waals surface area contributed by atoms with Crippen molar-refractivity contribution in [2.24, 2.45) is 0 Å². The van der Waals surface area contributed by atoms with Gasteiger partial charge in [-0.25, -0.2) is 0 Å².